The van der Waals surface area contributed by atoms with Crippen molar-refractivity contribution in [3.8, 4) is 0 Å². The van der Waals surface area contributed by atoms with Crippen LogP contribution in [0, 0.1) is 0 Å². The second kappa shape index (κ2) is 5.27. The quantitative estimate of drug-likeness (QED) is 0.661. The fourth-order valence-electron chi connectivity index (χ4n) is 1.99. The van der Waals surface area contributed by atoms with Gasteiger partial charge in [0.1, 0.15) is 18.9 Å². The van der Waals surface area contributed by atoms with E-state index in [-0.39, 0.29) is 5.41 Å². The molecule has 2 aromatic rings. The lowest BCUT2D eigenvalue weighted by Crippen LogP contribution is -2.31. The Labute approximate surface area is 117 Å². The van der Waals surface area contributed by atoms with Crippen molar-refractivity contribution in [3.05, 3.63) is 53.6 Å². The zero-order valence-corrected chi connectivity index (χ0v) is 12.8. The molecule has 0 aliphatic rings. The number of alkyl halides is 1. The molecule has 3 heteroatoms. The highest BCUT2D eigenvalue weighted by Gasteiger charge is 2.15. The summed E-state index contributed by atoms with van der Waals surface area (Å²) in [7, 11) is 0. The number of nitrogens with one attached hydrogen (secondary N) is 1. The summed E-state index contributed by atoms with van der Waals surface area (Å²) in [5.74, 6) is 0. The minimum Gasteiger partial charge on any atom is -0.250 e. The van der Waals surface area contributed by atoms with Gasteiger partial charge in [-0.2, -0.15) is 0 Å². The maximum atomic E-state index is 3.56. The van der Waals surface area contributed by atoms with E-state index < -0.39 is 0 Å². The van der Waals surface area contributed by atoms with Gasteiger partial charge >= 0.3 is 0 Å². The van der Waals surface area contributed by atoms with Crippen LogP contribution in [0.5, 0.6) is 0 Å². The van der Waals surface area contributed by atoms with E-state index >= 15 is 0 Å². The Kier molecular flexibility index (Phi) is 3.91. The first-order chi connectivity index (χ1) is 8.49. The van der Waals surface area contributed by atoms with Gasteiger partial charge in [-0.05, 0) is 22.1 Å². The Hall–Kier alpha value is -1.09. The van der Waals surface area contributed by atoms with E-state index in [9.17, 15) is 0 Å². The lowest BCUT2D eigenvalue weighted by Gasteiger charge is -2.20. The number of aromatic amines is 1. The van der Waals surface area contributed by atoms with Gasteiger partial charge in [0.2, 0.25) is 6.33 Å². The molecule has 0 aliphatic carbocycles. The zero-order valence-electron chi connectivity index (χ0n) is 11.2. The van der Waals surface area contributed by atoms with Gasteiger partial charge in [-0.3, -0.25) is 4.98 Å². The van der Waals surface area contributed by atoms with Crippen molar-refractivity contribution in [1.29, 1.82) is 0 Å². The molecule has 18 heavy (non-hydrogen) atoms. The SMILES string of the molecule is CC(C)(C)c1cc(CBr)cc(C[n+]2cc[nH]c2)c1. The number of halogens is 1. The van der Waals surface area contributed by atoms with E-state index in [4.69, 9.17) is 0 Å². The normalized spacial score (nSPS) is 11.8. The third-order valence-electron chi connectivity index (χ3n) is 3.04. The molecule has 1 aromatic heterocycles. The highest BCUT2D eigenvalue weighted by molar-refractivity contribution is 9.08. The number of H-pyrrole nitrogens is 1. The minimum atomic E-state index is 0.190. The van der Waals surface area contributed by atoms with Crippen LogP contribution in [0.2, 0.25) is 0 Å². The first-order valence-electron chi connectivity index (χ1n) is 6.20. The molecule has 2 nitrogen and oxygen atoms in total. The van der Waals surface area contributed by atoms with Crippen LogP contribution in [0.4, 0.5) is 0 Å². The molecule has 0 spiro atoms. The molecule has 96 valence electrons. The van der Waals surface area contributed by atoms with Crippen LogP contribution in [-0.4, -0.2) is 4.98 Å². The predicted octanol–water partition coefficient (Wildman–Crippen LogP) is 3.54. The summed E-state index contributed by atoms with van der Waals surface area (Å²) in [5, 5.41) is 0.904. The van der Waals surface area contributed by atoms with Crippen LogP contribution in [0.1, 0.15) is 37.5 Å². The number of hydrogen-bond acceptors (Lipinski definition) is 0. The number of rotatable bonds is 3. The minimum absolute atomic E-state index is 0.190. The average Bonchev–Trinajstić information content (AvgIpc) is 2.80. The Balaban J connectivity index is 2.35. The molecular formula is C15H20BrN2+. The predicted molar refractivity (Wildman–Crippen MR) is 77.9 cm³/mol. The largest absolute Gasteiger partial charge is 0.250 e. The summed E-state index contributed by atoms with van der Waals surface area (Å²) < 4.78 is 2.15. The average molecular weight is 308 g/mol. The number of benzene rings is 1. The molecule has 0 aliphatic heterocycles. The summed E-state index contributed by atoms with van der Waals surface area (Å²) in [6, 6.07) is 6.87. The number of nitrogens with zero attached hydrogens (tertiary/aromatic N) is 1. The Morgan fingerprint density at radius 1 is 1.17 bits per heavy atom. The first-order valence-corrected chi connectivity index (χ1v) is 7.32. The topological polar surface area (TPSA) is 19.7 Å². The van der Waals surface area contributed by atoms with Crippen molar-refractivity contribution in [2.75, 3.05) is 0 Å². The van der Waals surface area contributed by atoms with Crippen LogP contribution < -0.4 is 4.57 Å². The first kappa shape index (κ1) is 13.3. The Morgan fingerprint density at radius 2 is 1.89 bits per heavy atom. The van der Waals surface area contributed by atoms with Gasteiger partial charge in [0.15, 0.2) is 0 Å². The van der Waals surface area contributed by atoms with E-state index in [1.807, 2.05) is 12.5 Å². The summed E-state index contributed by atoms with van der Waals surface area (Å²) >= 11 is 3.56. The van der Waals surface area contributed by atoms with Crippen LogP contribution in [-0.2, 0) is 17.3 Å². The third-order valence-corrected chi connectivity index (χ3v) is 3.69. The smallest absolute Gasteiger partial charge is 0.241 e. The highest BCUT2D eigenvalue weighted by atomic mass is 79.9. The van der Waals surface area contributed by atoms with Gasteiger partial charge in [-0.1, -0.05) is 54.9 Å². The standard InChI is InChI=1S/C15H19BrN2/c1-15(2,3)14-7-12(9-16)6-13(8-14)10-18-5-4-17-11-18/h4-8,11H,9-10H2,1-3H3/p+1. The van der Waals surface area contributed by atoms with Crippen LogP contribution in [0.15, 0.2) is 36.9 Å². The second-order valence-electron chi connectivity index (χ2n) is 5.71. The zero-order chi connectivity index (χ0) is 13.2. The Bertz CT molecular complexity index is 510. The van der Waals surface area contributed by atoms with Gasteiger partial charge in [0.25, 0.3) is 0 Å². The number of imidazole rings is 1. The lowest BCUT2D eigenvalue weighted by molar-refractivity contribution is -0.687. The molecular weight excluding hydrogens is 288 g/mol. The van der Waals surface area contributed by atoms with Gasteiger partial charge in [0, 0.05) is 5.33 Å². The summed E-state index contributed by atoms with van der Waals surface area (Å²) in [5.41, 5.74) is 4.27. The van der Waals surface area contributed by atoms with Crippen molar-refractivity contribution in [2.45, 2.75) is 38.1 Å². The molecule has 1 aromatic carbocycles. The van der Waals surface area contributed by atoms with E-state index in [0.29, 0.717) is 0 Å². The molecule has 0 unspecified atom stereocenters. The summed E-state index contributed by atoms with van der Waals surface area (Å²) in [4.78, 5) is 3.08. The van der Waals surface area contributed by atoms with Crippen molar-refractivity contribution >= 4 is 15.9 Å². The molecule has 1 heterocycles. The van der Waals surface area contributed by atoms with Crippen molar-refractivity contribution in [1.82, 2.24) is 4.98 Å². The van der Waals surface area contributed by atoms with Crippen molar-refractivity contribution in [2.24, 2.45) is 0 Å². The molecule has 0 bridgehead atoms. The molecule has 2 rings (SSSR count). The van der Waals surface area contributed by atoms with Gasteiger partial charge < -0.3 is 0 Å². The monoisotopic (exact) mass is 307 g/mol. The Morgan fingerprint density at radius 3 is 2.44 bits per heavy atom. The lowest BCUT2D eigenvalue weighted by atomic mass is 9.85. The van der Waals surface area contributed by atoms with E-state index in [1.54, 1.807) is 0 Å². The van der Waals surface area contributed by atoms with Gasteiger partial charge in [-0.25, -0.2) is 4.57 Å². The molecule has 0 radical (unpaired) electrons. The van der Waals surface area contributed by atoms with E-state index in [2.05, 4.69) is 70.6 Å². The molecule has 0 saturated carbocycles. The van der Waals surface area contributed by atoms with Gasteiger partial charge in [0.05, 0.1) is 0 Å². The molecule has 0 saturated heterocycles. The molecule has 1 N–H and O–H groups in total. The highest BCUT2D eigenvalue weighted by Crippen LogP contribution is 2.25. The fourth-order valence-corrected chi connectivity index (χ4v) is 2.32. The van der Waals surface area contributed by atoms with Crippen LogP contribution >= 0.6 is 15.9 Å². The molecule has 0 atom stereocenters. The second-order valence-corrected chi connectivity index (χ2v) is 6.27. The van der Waals surface area contributed by atoms with Crippen LogP contribution in [0.3, 0.4) is 0 Å². The van der Waals surface area contributed by atoms with E-state index in [1.165, 1.54) is 16.7 Å². The number of aromatic nitrogens is 2. The maximum Gasteiger partial charge on any atom is 0.241 e. The van der Waals surface area contributed by atoms with Gasteiger partial charge in [-0.15, -0.1) is 0 Å². The van der Waals surface area contributed by atoms with Crippen molar-refractivity contribution < 1.29 is 4.57 Å². The summed E-state index contributed by atoms with van der Waals surface area (Å²) in [6.45, 7) is 7.68. The van der Waals surface area contributed by atoms with Crippen molar-refractivity contribution in [3.63, 3.8) is 0 Å². The van der Waals surface area contributed by atoms with E-state index in [0.717, 1.165) is 11.9 Å². The fraction of sp³-hybridized carbons (Fsp3) is 0.400. The summed E-state index contributed by atoms with van der Waals surface area (Å²) in [6.07, 6.45) is 5.98. The molecule has 0 amide bonds. The molecule has 0 fully saturated rings. The van der Waals surface area contributed by atoms with Crippen LogP contribution in [0.25, 0.3) is 0 Å². The maximum absolute atomic E-state index is 3.56. The number of hydrogen-bond donors (Lipinski definition) is 1. The third kappa shape index (κ3) is 3.22.